The van der Waals surface area contributed by atoms with Crippen molar-refractivity contribution in [2.45, 2.75) is 32.2 Å². The third-order valence-electron chi connectivity index (χ3n) is 3.80. The number of fused-ring (bicyclic) bond motifs is 2. The van der Waals surface area contributed by atoms with Gasteiger partial charge in [0.25, 0.3) is 0 Å². The lowest BCUT2D eigenvalue weighted by atomic mass is 9.93. The molecular formula is C12H21NO. The van der Waals surface area contributed by atoms with E-state index in [9.17, 15) is 0 Å². The summed E-state index contributed by atoms with van der Waals surface area (Å²) in [5.41, 5.74) is 0. The van der Waals surface area contributed by atoms with E-state index in [2.05, 4.69) is 24.4 Å². The number of nitrogens with one attached hydrogen (secondary N) is 1. The van der Waals surface area contributed by atoms with Crippen molar-refractivity contribution in [2.75, 3.05) is 13.2 Å². The maximum atomic E-state index is 9.06. The molecule has 2 nitrogen and oxygen atoms in total. The molecule has 2 aliphatic carbocycles. The van der Waals surface area contributed by atoms with E-state index in [0.717, 1.165) is 30.7 Å². The standard InChI is InChI=1S/C12H21NO/c1-2-12(8-14)13-7-11-6-9-3-4-10(11)5-9/h3-4,9-14H,2,5-8H2,1H3/t9-,10-,11-,12-/m0/s1. The number of aliphatic hydroxyl groups excluding tert-OH is 1. The van der Waals surface area contributed by atoms with Gasteiger partial charge >= 0.3 is 0 Å². The Morgan fingerprint density at radius 1 is 1.43 bits per heavy atom. The summed E-state index contributed by atoms with van der Waals surface area (Å²) < 4.78 is 0. The number of hydrogen-bond acceptors (Lipinski definition) is 2. The molecule has 1 saturated carbocycles. The van der Waals surface area contributed by atoms with Gasteiger partial charge in [0, 0.05) is 6.04 Å². The maximum Gasteiger partial charge on any atom is 0.0584 e. The first-order valence-electron chi connectivity index (χ1n) is 5.86. The van der Waals surface area contributed by atoms with Crippen molar-refractivity contribution in [2.24, 2.45) is 17.8 Å². The summed E-state index contributed by atoms with van der Waals surface area (Å²) >= 11 is 0. The second-order valence-corrected chi connectivity index (χ2v) is 4.74. The topological polar surface area (TPSA) is 32.3 Å². The molecule has 0 aromatic carbocycles. The first kappa shape index (κ1) is 10.2. The van der Waals surface area contributed by atoms with Gasteiger partial charge in [-0.05, 0) is 43.6 Å². The molecule has 1 fully saturated rings. The van der Waals surface area contributed by atoms with Gasteiger partial charge in [0.2, 0.25) is 0 Å². The van der Waals surface area contributed by atoms with Crippen molar-refractivity contribution in [1.82, 2.24) is 5.32 Å². The van der Waals surface area contributed by atoms with Crippen LogP contribution in [0.15, 0.2) is 12.2 Å². The van der Waals surface area contributed by atoms with Gasteiger partial charge in [0.05, 0.1) is 6.61 Å². The Morgan fingerprint density at radius 3 is 2.79 bits per heavy atom. The average molecular weight is 195 g/mol. The second-order valence-electron chi connectivity index (χ2n) is 4.74. The summed E-state index contributed by atoms with van der Waals surface area (Å²) in [4.78, 5) is 0. The highest BCUT2D eigenvalue weighted by molar-refractivity contribution is 5.10. The minimum Gasteiger partial charge on any atom is -0.395 e. The average Bonchev–Trinajstić information content (AvgIpc) is 2.80. The molecule has 2 N–H and O–H groups in total. The van der Waals surface area contributed by atoms with Gasteiger partial charge in [0.15, 0.2) is 0 Å². The van der Waals surface area contributed by atoms with Gasteiger partial charge in [-0.1, -0.05) is 19.1 Å². The summed E-state index contributed by atoms with van der Waals surface area (Å²) in [6.07, 6.45) is 8.52. The molecule has 0 aromatic rings. The van der Waals surface area contributed by atoms with Crippen molar-refractivity contribution >= 4 is 0 Å². The SMILES string of the molecule is CC[C@@H](CO)NC[C@@H]1C[C@H]2C=C[C@H]1C2. The molecule has 2 bridgehead atoms. The Balaban J connectivity index is 1.74. The Labute approximate surface area is 86.4 Å². The minimum atomic E-state index is 0.271. The second kappa shape index (κ2) is 4.45. The zero-order chi connectivity index (χ0) is 9.97. The molecule has 0 unspecified atom stereocenters. The van der Waals surface area contributed by atoms with Crippen LogP contribution in [0.2, 0.25) is 0 Å². The molecule has 14 heavy (non-hydrogen) atoms. The molecule has 0 amide bonds. The summed E-state index contributed by atoms with van der Waals surface area (Å²) in [7, 11) is 0. The van der Waals surface area contributed by atoms with E-state index in [-0.39, 0.29) is 6.61 Å². The highest BCUT2D eigenvalue weighted by Crippen LogP contribution is 2.42. The number of hydrogen-bond donors (Lipinski definition) is 2. The fourth-order valence-electron chi connectivity index (χ4n) is 2.79. The summed E-state index contributed by atoms with van der Waals surface area (Å²) in [5.74, 6) is 2.51. The van der Waals surface area contributed by atoms with Crippen LogP contribution >= 0.6 is 0 Å². The Morgan fingerprint density at radius 2 is 2.29 bits per heavy atom. The molecule has 0 heterocycles. The fourth-order valence-corrected chi connectivity index (χ4v) is 2.79. The summed E-state index contributed by atoms with van der Waals surface area (Å²) in [6.45, 7) is 3.48. The van der Waals surface area contributed by atoms with Crippen LogP contribution in [0.4, 0.5) is 0 Å². The normalized spacial score (nSPS) is 36.6. The third kappa shape index (κ3) is 2.01. The van der Waals surface area contributed by atoms with Crippen LogP contribution in [-0.2, 0) is 0 Å². The van der Waals surface area contributed by atoms with Crippen LogP contribution in [0, 0.1) is 17.8 Å². The van der Waals surface area contributed by atoms with Crippen molar-refractivity contribution in [3.63, 3.8) is 0 Å². The quantitative estimate of drug-likeness (QED) is 0.652. The van der Waals surface area contributed by atoms with E-state index in [4.69, 9.17) is 5.11 Å². The minimum absolute atomic E-state index is 0.271. The molecule has 0 aliphatic heterocycles. The van der Waals surface area contributed by atoms with Crippen LogP contribution in [0.1, 0.15) is 26.2 Å². The van der Waals surface area contributed by atoms with Gasteiger partial charge < -0.3 is 10.4 Å². The lowest BCUT2D eigenvalue weighted by molar-refractivity contribution is 0.230. The Hall–Kier alpha value is -0.340. The monoisotopic (exact) mass is 195 g/mol. The Bertz CT molecular complexity index is 210. The van der Waals surface area contributed by atoms with Crippen molar-refractivity contribution in [3.05, 3.63) is 12.2 Å². The van der Waals surface area contributed by atoms with E-state index >= 15 is 0 Å². The zero-order valence-electron chi connectivity index (χ0n) is 8.95. The predicted molar refractivity (Wildman–Crippen MR) is 58.0 cm³/mol. The van der Waals surface area contributed by atoms with Gasteiger partial charge in [-0.15, -0.1) is 0 Å². The fraction of sp³-hybridized carbons (Fsp3) is 0.833. The molecule has 0 saturated heterocycles. The number of rotatable bonds is 5. The zero-order valence-corrected chi connectivity index (χ0v) is 8.95. The van der Waals surface area contributed by atoms with Gasteiger partial charge in [-0.3, -0.25) is 0 Å². The van der Waals surface area contributed by atoms with Crippen molar-refractivity contribution in [3.8, 4) is 0 Å². The first-order valence-corrected chi connectivity index (χ1v) is 5.86. The van der Waals surface area contributed by atoms with Gasteiger partial charge in [-0.25, -0.2) is 0 Å². The molecular weight excluding hydrogens is 174 g/mol. The molecule has 0 radical (unpaired) electrons. The van der Waals surface area contributed by atoms with Gasteiger partial charge in [-0.2, -0.15) is 0 Å². The molecule has 2 aliphatic rings. The maximum absolute atomic E-state index is 9.06. The van der Waals surface area contributed by atoms with E-state index in [1.807, 2.05) is 0 Å². The third-order valence-corrected chi connectivity index (χ3v) is 3.80. The van der Waals surface area contributed by atoms with Crippen LogP contribution in [0.3, 0.4) is 0 Å². The number of aliphatic hydroxyl groups is 1. The lowest BCUT2D eigenvalue weighted by Gasteiger charge is -2.22. The molecule has 2 rings (SSSR count). The van der Waals surface area contributed by atoms with Crippen LogP contribution in [-0.4, -0.2) is 24.3 Å². The molecule has 0 aromatic heterocycles. The summed E-state index contributed by atoms with van der Waals surface area (Å²) in [5, 5.41) is 12.5. The van der Waals surface area contributed by atoms with E-state index < -0.39 is 0 Å². The number of allylic oxidation sites excluding steroid dienone is 2. The van der Waals surface area contributed by atoms with Crippen molar-refractivity contribution in [1.29, 1.82) is 0 Å². The molecule has 80 valence electrons. The van der Waals surface area contributed by atoms with Crippen LogP contribution in [0.25, 0.3) is 0 Å². The predicted octanol–water partition coefficient (Wildman–Crippen LogP) is 1.56. The highest BCUT2D eigenvalue weighted by atomic mass is 16.3. The van der Waals surface area contributed by atoms with E-state index in [1.165, 1.54) is 12.8 Å². The van der Waals surface area contributed by atoms with Gasteiger partial charge in [0.1, 0.15) is 0 Å². The van der Waals surface area contributed by atoms with Crippen LogP contribution < -0.4 is 5.32 Å². The lowest BCUT2D eigenvalue weighted by Crippen LogP contribution is -2.36. The van der Waals surface area contributed by atoms with Crippen molar-refractivity contribution < 1.29 is 5.11 Å². The summed E-state index contributed by atoms with van der Waals surface area (Å²) in [6, 6.07) is 0.304. The highest BCUT2D eigenvalue weighted by Gasteiger charge is 2.35. The Kier molecular flexibility index (Phi) is 3.24. The smallest absolute Gasteiger partial charge is 0.0584 e. The largest absolute Gasteiger partial charge is 0.395 e. The first-order chi connectivity index (χ1) is 6.83. The van der Waals surface area contributed by atoms with E-state index in [0.29, 0.717) is 6.04 Å². The molecule has 0 spiro atoms. The van der Waals surface area contributed by atoms with Crippen LogP contribution in [0.5, 0.6) is 0 Å². The van der Waals surface area contributed by atoms with E-state index in [1.54, 1.807) is 0 Å². The molecule has 4 atom stereocenters. The molecule has 2 heteroatoms.